The molecule has 2 rings (SSSR count). The highest BCUT2D eigenvalue weighted by Gasteiger charge is 2.32. The van der Waals surface area contributed by atoms with E-state index < -0.39 is 0 Å². The molecule has 1 fully saturated rings. The number of hydrogen-bond acceptors (Lipinski definition) is 4. The van der Waals surface area contributed by atoms with Gasteiger partial charge in [0.2, 0.25) is 11.8 Å². The summed E-state index contributed by atoms with van der Waals surface area (Å²) in [5, 5.41) is 2.83. The Hall–Kier alpha value is -2.31. The molecule has 1 N–H and O–H groups in total. The third-order valence-electron chi connectivity index (χ3n) is 3.58. The van der Waals surface area contributed by atoms with E-state index in [-0.39, 0.29) is 43.4 Å². The number of imide groups is 1. The Kier molecular flexibility index (Phi) is 4.85. The van der Waals surface area contributed by atoms with Crippen LogP contribution in [0.3, 0.4) is 0 Å². The molecule has 22 heavy (non-hydrogen) atoms. The summed E-state index contributed by atoms with van der Waals surface area (Å²) in [5.74, 6) is 1.16. The number of nitrogens with one attached hydrogen (secondary N) is 1. The first-order valence-electron chi connectivity index (χ1n) is 7.29. The van der Waals surface area contributed by atoms with Gasteiger partial charge in [0.1, 0.15) is 18.1 Å². The summed E-state index contributed by atoms with van der Waals surface area (Å²) < 4.78 is 5.45. The van der Waals surface area contributed by atoms with Crippen molar-refractivity contribution in [1.29, 1.82) is 0 Å². The molecule has 0 aliphatic carbocycles. The number of furan rings is 1. The first kappa shape index (κ1) is 16.1. The molecule has 0 bridgehead atoms. The van der Waals surface area contributed by atoms with Crippen LogP contribution >= 0.6 is 0 Å². The average Bonchev–Trinajstić information content (AvgIpc) is 2.97. The van der Waals surface area contributed by atoms with E-state index in [9.17, 15) is 14.4 Å². The molecule has 0 saturated carbocycles. The van der Waals surface area contributed by atoms with Gasteiger partial charge in [-0.3, -0.25) is 14.5 Å². The topological polar surface area (TPSA) is 82.9 Å². The molecule has 1 aromatic rings. The molecule has 0 aromatic carbocycles. The van der Waals surface area contributed by atoms with Crippen LogP contribution < -0.4 is 5.32 Å². The summed E-state index contributed by atoms with van der Waals surface area (Å²) in [5.41, 5.74) is 0. The van der Waals surface area contributed by atoms with Gasteiger partial charge >= 0.3 is 6.03 Å². The van der Waals surface area contributed by atoms with Gasteiger partial charge in [-0.05, 0) is 32.4 Å². The number of rotatable bonds is 6. The highest BCUT2D eigenvalue weighted by Crippen LogP contribution is 2.16. The van der Waals surface area contributed by atoms with Crippen LogP contribution in [-0.2, 0) is 9.59 Å². The molecule has 120 valence electrons. The lowest BCUT2D eigenvalue weighted by Crippen LogP contribution is -2.33. The van der Waals surface area contributed by atoms with E-state index in [4.69, 9.17) is 4.42 Å². The predicted octanol–water partition coefficient (Wildman–Crippen LogP) is 1.44. The number of carbonyl (C=O) groups excluding carboxylic acids is 3. The van der Waals surface area contributed by atoms with Crippen LogP contribution in [0.1, 0.15) is 37.3 Å². The van der Waals surface area contributed by atoms with E-state index in [0.29, 0.717) is 12.2 Å². The van der Waals surface area contributed by atoms with Gasteiger partial charge < -0.3 is 14.6 Å². The summed E-state index contributed by atoms with van der Waals surface area (Å²) in [7, 11) is 1.58. The van der Waals surface area contributed by atoms with Crippen molar-refractivity contribution in [1.82, 2.24) is 15.1 Å². The number of amides is 4. The average molecular weight is 307 g/mol. The summed E-state index contributed by atoms with van der Waals surface area (Å²) in [6.07, 6.45) is 0.700. The summed E-state index contributed by atoms with van der Waals surface area (Å²) in [6.45, 7) is 4.07. The van der Waals surface area contributed by atoms with Gasteiger partial charge in [0, 0.05) is 20.0 Å². The van der Waals surface area contributed by atoms with E-state index in [1.165, 1.54) is 9.80 Å². The lowest BCUT2D eigenvalue weighted by atomic mass is 10.2. The van der Waals surface area contributed by atoms with Crippen LogP contribution in [0, 0.1) is 6.92 Å². The van der Waals surface area contributed by atoms with Gasteiger partial charge in [-0.15, -0.1) is 0 Å². The highest BCUT2D eigenvalue weighted by atomic mass is 16.3. The van der Waals surface area contributed by atoms with Crippen molar-refractivity contribution in [2.45, 2.75) is 32.7 Å². The fraction of sp³-hybridized carbons (Fsp3) is 0.533. The highest BCUT2D eigenvalue weighted by molar-refractivity contribution is 6.01. The minimum atomic E-state index is -0.301. The first-order valence-corrected chi connectivity index (χ1v) is 7.29. The number of carbonyl (C=O) groups is 3. The maximum atomic E-state index is 11.9. The molecule has 1 aromatic heterocycles. The van der Waals surface area contributed by atoms with Gasteiger partial charge in [-0.25, -0.2) is 4.79 Å². The van der Waals surface area contributed by atoms with Crippen molar-refractivity contribution in [3.63, 3.8) is 0 Å². The Morgan fingerprint density at radius 2 is 2.14 bits per heavy atom. The van der Waals surface area contributed by atoms with E-state index in [1.807, 2.05) is 26.0 Å². The maximum Gasteiger partial charge on any atom is 0.326 e. The normalized spacial score (nSPS) is 16.3. The van der Waals surface area contributed by atoms with Crippen LogP contribution in [0.4, 0.5) is 4.79 Å². The van der Waals surface area contributed by atoms with Crippen LogP contribution in [-0.4, -0.2) is 47.8 Å². The van der Waals surface area contributed by atoms with Gasteiger partial charge in [0.15, 0.2) is 0 Å². The molecule has 1 atom stereocenters. The maximum absolute atomic E-state index is 11.9. The van der Waals surface area contributed by atoms with Crippen molar-refractivity contribution >= 4 is 17.8 Å². The van der Waals surface area contributed by atoms with Crippen LogP contribution in [0.25, 0.3) is 0 Å². The molecule has 0 spiro atoms. The van der Waals surface area contributed by atoms with Crippen molar-refractivity contribution in [2.24, 2.45) is 0 Å². The van der Waals surface area contributed by atoms with E-state index in [0.717, 1.165) is 5.76 Å². The lowest BCUT2D eigenvalue weighted by Gasteiger charge is -2.15. The Morgan fingerprint density at radius 3 is 2.68 bits per heavy atom. The SMILES string of the molecule is Cc1ccc(C(C)NC(=O)CCCN2C(=O)CN(C)C2=O)o1. The van der Waals surface area contributed by atoms with Gasteiger partial charge in [0.25, 0.3) is 0 Å². The summed E-state index contributed by atoms with van der Waals surface area (Å²) in [4.78, 5) is 37.7. The summed E-state index contributed by atoms with van der Waals surface area (Å²) in [6, 6.07) is 3.17. The van der Waals surface area contributed by atoms with E-state index in [2.05, 4.69) is 5.32 Å². The minimum absolute atomic E-state index is 0.111. The zero-order valence-corrected chi connectivity index (χ0v) is 13.1. The van der Waals surface area contributed by atoms with E-state index >= 15 is 0 Å². The molecule has 2 heterocycles. The third kappa shape index (κ3) is 3.66. The largest absolute Gasteiger partial charge is 0.464 e. The van der Waals surface area contributed by atoms with Gasteiger partial charge in [0.05, 0.1) is 6.04 Å². The second kappa shape index (κ2) is 6.64. The Balaban J connectivity index is 1.74. The molecule has 7 heteroatoms. The molecule has 1 aliphatic heterocycles. The fourth-order valence-corrected chi connectivity index (χ4v) is 2.36. The molecule has 1 aliphatic rings. The van der Waals surface area contributed by atoms with Crippen molar-refractivity contribution in [2.75, 3.05) is 20.1 Å². The van der Waals surface area contributed by atoms with E-state index in [1.54, 1.807) is 7.05 Å². The third-order valence-corrected chi connectivity index (χ3v) is 3.58. The number of likely N-dealkylation sites (N-methyl/N-ethyl adjacent to an activating group) is 1. The first-order chi connectivity index (χ1) is 10.4. The number of aryl methyl sites for hydroxylation is 1. The lowest BCUT2D eigenvalue weighted by molar-refractivity contribution is -0.126. The molecular formula is C15H21N3O4. The molecule has 0 radical (unpaired) electrons. The zero-order valence-electron chi connectivity index (χ0n) is 13.1. The van der Waals surface area contributed by atoms with Crippen molar-refractivity contribution < 1.29 is 18.8 Å². The zero-order chi connectivity index (χ0) is 16.3. The Bertz CT molecular complexity index is 581. The van der Waals surface area contributed by atoms with Crippen LogP contribution in [0.15, 0.2) is 16.5 Å². The fourth-order valence-electron chi connectivity index (χ4n) is 2.36. The molecule has 4 amide bonds. The molecular weight excluding hydrogens is 286 g/mol. The standard InChI is InChI=1S/C15H21N3O4/c1-10-6-7-12(22-10)11(2)16-13(19)5-4-8-18-14(20)9-17(3)15(18)21/h6-7,11H,4-5,8-9H2,1-3H3,(H,16,19). The second-order valence-corrected chi connectivity index (χ2v) is 5.53. The molecule has 1 saturated heterocycles. The quantitative estimate of drug-likeness (QED) is 0.806. The molecule has 7 nitrogen and oxygen atoms in total. The number of urea groups is 1. The van der Waals surface area contributed by atoms with Crippen LogP contribution in [0.2, 0.25) is 0 Å². The summed E-state index contributed by atoms with van der Waals surface area (Å²) >= 11 is 0. The van der Waals surface area contributed by atoms with Gasteiger partial charge in [-0.2, -0.15) is 0 Å². The van der Waals surface area contributed by atoms with Crippen molar-refractivity contribution in [3.05, 3.63) is 23.7 Å². The minimum Gasteiger partial charge on any atom is -0.464 e. The Morgan fingerprint density at radius 1 is 1.41 bits per heavy atom. The monoisotopic (exact) mass is 307 g/mol. The Labute approximate surface area is 129 Å². The van der Waals surface area contributed by atoms with Crippen molar-refractivity contribution in [3.8, 4) is 0 Å². The smallest absolute Gasteiger partial charge is 0.326 e. The predicted molar refractivity (Wildman–Crippen MR) is 79.0 cm³/mol. The van der Waals surface area contributed by atoms with Gasteiger partial charge in [-0.1, -0.05) is 0 Å². The van der Waals surface area contributed by atoms with Crippen LogP contribution in [0.5, 0.6) is 0 Å². The number of nitrogens with zero attached hydrogens (tertiary/aromatic N) is 2. The second-order valence-electron chi connectivity index (χ2n) is 5.53. The molecule has 1 unspecified atom stereocenters. The number of hydrogen-bond donors (Lipinski definition) is 1.